The molecule has 286 valence electrons. The number of aromatic hydroxyl groups is 1. The largest absolute Gasteiger partial charge is 0.506 e. The van der Waals surface area contributed by atoms with Crippen LogP contribution in [-0.2, 0) is 14.9 Å². The number of nitrogens with one attached hydrogen (secondary N) is 2. The highest BCUT2D eigenvalue weighted by atomic mass is 16.5. The van der Waals surface area contributed by atoms with E-state index in [1.807, 2.05) is 59.5 Å². The maximum Gasteiger partial charge on any atom is 0.317 e. The van der Waals surface area contributed by atoms with E-state index < -0.39 is 11.5 Å². The van der Waals surface area contributed by atoms with Crippen molar-refractivity contribution >= 4 is 22.8 Å². The van der Waals surface area contributed by atoms with Gasteiger partial charge >= 0.3 is 5.97 Å². The molecule has 4 aromatic rings. The molecule has 2 bridgehead atoms. The van der Waals surface area contributed by atoms with Gasteiger partial charge in [-0.1, -0.05) is 49.2 Å². The Morgan fingerprint density at radius 2 is 1.63 bits per heavy atom. The number of esters is 1. The Bertz CT molecular complexity index is 1930. The monoisotopic (exact) mass is 736 g/mol. The van der Waals surface area contributed by atoms with Crippen LogP contribution < -0.4 is 15.6 Å². The Morgan fingerprint density at radius 1 is 0.889 bits per heavy atom. The SMILES string of the molecule is O=C(c1ccc(OCCCCCCNC[C@H](O)c2ccc(O)c3[nH]c(=O)ccc23)cc1)N1CCC(C(=O)O[C@H]2CN3CCC2CC3)(c2ccccc2)CC1. The number of aromatic nitrogens is 1. The number of aliphatic hydroxyl groups is 1. The van der Waals surface area contributed by atoms with Gasteiger partial charge in [-0.3, -0.25) is 19.3 Å². The van der Waals surface area contributed by atoms with Gasteiger partial charge in [0.25, 0.3) is 5.91 Å². The minimum atomic E-state index is -0.775. The summed E-state index contributed by atoms with van der Waals surface area (Å²) in [7, 11) is 0. The summed E-state index contributed by atoms with van der Waals surface area (Å²) in [5, 5.41) is 24.7. The number of carbonyl (C=O) groups is 2. The van der Waals surface area contributed by atoms with Crippen LogP contribution in [0, 0.1) is 5.92 Å². The molecule has 4 aliphatic rings. The molecule has 11 heteroatoms. The summed E-state index contributed by atoms with van der Waals surface area (Å²) in [5.74, 6) is 0.962. The van der Waals surface area contributed by atoms with Crippen LogP contribution in [0.25, 0.3) is 10.9 Å². The van der Waals surface area contributed by atoms with Gasteiger partial charge in [0.05, 0.1) is 23.6 Å². The van der Waals surface area contributed by atoms with E-state index in [9.17, 15) is 24.6 Å². The first-order chi connectivity index (χ1) is 26.3. The molecule has 11 nitrogen and oxygen atoms in total. The summed E-state index contributed by atoms with van der Waals surface area (Å²) in [5.41, 5.74) is 1.49. The maximum atomic E-state index is 14.0. The normalized spacial score (nSPS) is 21.1. The van der Waals surface area contributed by atoms with Crippen LogP contribution in [0.2, 0.25) is 0 Å². The van der Waals surface area contributed by atoms with Crippen LogP contribution in [0.1, 0.15) is 79.0 Å². The van der Waals surface area contributed by atoms with E-state index in [1.54, 1.807) is 12.1 Å². The van der Waals surface area contributed by atoms with Crippen LogP contribution in [0.15, 0.2) is 83.7 Å². The third kappa shape index (κ3) is 8.48. The van der Waals surface area contributed by atoms with Crippen LogP contribution in [-0.4, -0.2) is 95.4 Å². The second kappa shape index (κ2) is 17.2. The molecule has 3 aromatic carbocycles. The van der Waals surface area contributed by atoms with E-state index >= 15 is 0 Å². The van der Waals surface area contributed by atoms with E-state index in [0.717, 1.165) is 76.0 Å². The molecule has 54 heavy (non-hydrogen) atoms. The first-order valence-electron chi connectivity index (χ1n) is 19.6. The molecule has 0 saturated carbocycles. The lowest BCUT2D eigenvalue weighted by molar-refractivity contribution is -0.167. The zero-order valence-electron chi connectivity index (χ0n) is 30.9. The first kappa shape index (κ1) is 37.6. The van der Waals surface area contributed by atoms with Gasteiger partial charge in [0, 0.05) is 43.2 Å². The van der Waals surface area contributed by atoms with Crippen molar-refractivity contribution < 1.29 is 29.3 Å². The molecule has 0 spiro atoms. The average Bonchev–Trinajstić information content (AvgIpc) is 3.21. The minimum absolute atomic E-state index is 0.0253. The number of hydrogen-bond acceptors (Lipinski definition) is 9. The molecule has 2 atom stereocenters. The van der Waals surface area contributed by atoms with Gasteiger partial charge in [-0.05, 0) is 112 Å². The molecule has 0 radical (unpaired) electrons. The molecular formula is C43H52N4O7. The van der Waals surface area contributed by atoms with E-state index in [1.165, 1.54) is 12.1 Å². The van der Waals surface area contributed by atoms with Crippen molar-refractivity contribution in [1.29, 1.82) is 0 Å². The number of nitrogens with zero attached hydrogens (tertiary/aromatic N) is 2. The van der Waals surface area contributed by atoms with Crippen molar-refractivity contribution in [3.8, 4) is 11.5 Å². The molecule has 4 saturated heterocycles. The second-order valence-electron chi connectivity index (χ2n) is 15.1. The second-order valence-corrected chi connectivity index (χ2v) is 15.1. The third-order valence-corrected chi connectivity index (χ3v) is 11.7. The molecule has 5 heterocycles. The maximum absolute atomic E-state index is 14.0. The van der Waals surface area contributed by atoms with Crippen LogP contribution >= 0.6 is 0 Å². The van der Waals surface area contributed by atoms with Gasteiger partial charge in [0.15, 0.2) is 0 Å². The summed E-state index contributed by atoms with van der Waals surface area (Å²) in [6.45, 7) is 5.68. The number of pyridine rings is 1. The van der Waals surface area contributed by atoms with Crippen LogP contribution in [0.3, 0.4) is 0 Å². The zero-order chi connectivity index (χ0) is 37.5. The fraction of sp³-hybridized carbons (Fsp3) is 0.465. The highest BCUT2D eigenvalue weighted by Gasteiger charge is 2.47. The molecule has 0 aliphatic carbocycles. The number of aromatic amines is 1. The number of likely N-dealkylation sites (tertiary alicyclic amines) is 1. The number of phenols is 1. The minimum Gasteiger partial charge on any atom is -0.506 e. The van der Waals surface area contributed by atoms with E-state index in [-0.39, 0.29) is 29.3 Å². The van der Waals surface area contributed by atoms with Gasteiger partial charge in [-0.15, -0.1) is 0 Å². The highest BCUT2D eigenvalue weighted by Crippen LogP contribution is 2.39. The Hall–Kier alpha value is -4.71. The number of phenolic OH excluding ortho intramolecular Hbond substituents is 1. The molecule has 0 unspecified atom stereocenters. The highest BCUT2D eigenvalue weighted by molar-refractivity contribution is 5.95. The van der Waals surface area contributed by atoms with Crippen LogP contribution in [0.5, 0.6) is 11.5 Å². The van der Waals surface area contributed by atoms with Crippen molar-refractivity contribution in [1.82, 2.24) is 20.1 Å². The van der Waals surface area contributed by atoms with Crippen LogP contribution in [0.4, 0.5) is 0 Å². The Morgan fingerprint density at radius 3 is 2.35 bits per heavy atom. The lowest BCUT2D eigenvalue weighted by Gasteiger charge is -2.46. The Labute approximate surface area is 316 Å². The number of piperidine rings is 4. The fourth-order valence-corrected chi connectivity index (χ4v) is 8.42. The van der Waals surface area contributed by atoms with Gasteiger partial charge in [-0.2, -0.15) is 0 Å². The van der Waals surface area contributed by atoms with Gasteiger partial charge in [0.1, 0.15) is 17.6 Å². The smallest absolute Gasteiger partial charge is 0.317 e. The summed E-state index contributed by atoms with van der Waals surface area (Å²) < 4.78 is 12.3. The van der Waals surface area contributed by atoms with E-state index in [4.69, 9.17) is 9.47 Å². The van der Waals surface area contributed by atoms with Gasteiger partial charge in [0.2, 0.25) is 5.56 Å². The summed E-state index contributed by atoms with van der Waals surface area (Å²) in [6.07, 6.45) is 6.29. The van der Waals surface area contributed by atoms with Crippen molar-refractivity contribution in [3.63, 3.8) is 0 Å². The number of amides is 1. The molecule has 4 N–H and O–H groups in total. The van der Waals surface area contributed by atoms with Gasteiger partial charge in [-0.25, -0.2) is 0 Å². The molecule has 4 fully saturated rings. The number of aliphatic hydroxyl groups excluding tert-OH is 1. The number of fused-ring (bicyclic) bond motifs is 4. The number of H-pyrrole nitrogens is 1. The van der Waals surface area contributed by atoms with Crippen molar-refractivity contribution in [3.05, 3.63) is 106 Å². The standard InChI is InChI=1S/C43H52N4O7/c48-36-16-14-34(35-15-17-39(50)45-40(35)36)37(49)28-44-22-6-1-2-7-27-53-33-12-10-31(11-13-33)41(51)47-25-20-43(21-26-47,32-8-4-3-5-9-32)42(52)54-38-29-46-23-18-30(38)19-24-46/h3-5,8-17,30,37-38,44,48-49H,1-2,6-7,18-29H2,(H,45,50)/t37-,38-/m0/s1. The first-order valence-corrected chi connectivity index (χ1v) is 19.6. The topological polar surface area (TPSA) is 144 Å². The number of rotatable bonds is 15. The van der Waals surface area contributed by atoms with Gasteiger partial charge < -0.3 is 34.9 Å². The lowest BCUT2D eigenvalue weighted by atomic mass is 9.72. The predicted octanol–water partition coefficient (Wildman–Crippen LogP) is 5.31. The van der Waals surface area contributed by atoms with Crippen molar-refractivity contribution in [2.75, 3.05) is 52.4 Å². The van der Waals surface area contributed by atoms with Crippen molar-refractivity contribution in [2.45, 2.75) is 69.0 Å². The summed E-state index contributed by atoms with van der Waals surface area (Å²) >= 11 is 0. The zero-order valence-corrected chi connectivity index (χ0v) is 30.9. The fourth-order valence-electron chi connectivity index (χ4n) is 8.42. The molecule has 8 rings (SSSR count). The van der Waals surface area contributed by atoms with E-state index in [2.05, 4.69) is 15.2 Å². The number of carbonyl (C=O) groups excluding carboxylic acids is 2. The number of unbranched alkanes of at least 4 members (excludes halogenated alkanes) is 3. The number of benzene rings is 3. The third-order valence-electron chi connectivity index (χ3n) is 11.7. The Kier molecular flexibility index (Phi) is 12.0. The molecule has 1 aromatic heterocycles. The summed E-state index contributed by atoms with van der Waals surface area (Å²) in [6, 6.07) is 23.5. The number of hydrogen-bond donors (Lipinski definition) is 4. The number of ether oxygens (including phenoxy) is 2. The van der Waals surface area contributed by atoms with E-state index in [0.29, 0.717) is 67.0 Å². The van der Waals surface area contributed by atoms with Crippen molar-refractivity contribution in [2.24, 2.45) is 5.92 Å². The molecule has 1 amide bonds. The molecular weight excluding hydrogens is 684 g/mol. The summed E-state index contributed by atoms with van der Waals surface area (Å²) in [4.78, 5) is 46.1. The average molecular weight is 737 g/mol. The Balaban J connectivity index is 0.814. The quantitative estimate of drug-likeness (QED) is 0.0944. The predicted molar refractivity (Wildman–Crippen MR) is 207 cm³/mol. The molecule has 4 aliphatic heterocycles. The lowest BCUT2D eigenvalue weighted by Crippen LogP contribution is -2.55.